The Morgan fingerprint density at radius 1 is 1.10 bits per heavy atom. The molecule has 1 saturated heterocycles. The van der Waals surface area contributed by atoms with Gasteiger partial charge < -0.3 is 10.1 Å². The molecule has 30 heavy (non-hydrogen) atoms. The molecule has 2 aromatic rings. The van der Waals surface area contributed by atoms with Crippen molar-refractivity contribution in [3.63, 3.8) is 0 Å². The van der Waals surface area contributed by atoms with Crippen molar-refractivity contribution in [2.24, 2.45) is 0 Å². The summed E-state index contributed by atoms with van der Waals surface area (Å²) in [5, 5.41) is 2.77. The summed E-state index contributed by atoms with van der Waals surface area (Å²) in [4.78, 5) is 39.5. The van der Waals surface area contributed by atoms with Crippen molar-refractivity contribution in [2.45, 2.75) is 44.6 Å². The monoisotopic (exact) mass is 406 g/mol. The van der Waals surface area contributed by atoms with Crippen LogP contribution in [-0.2, 0) is 24.1 Å². The summed E-state index contributed by atoms with van der Waals surface area (Å²) in [6.07, 6.45) is 4.59. The number of nitrogens with one attached hydrogen (secondary N) is 1. The van der Waals surface area contributed by atoms with Crippen LogP contribution in [-0.4, -0.2) is 41.8 Å². The number of carbonyl (C=O) groups excluding carboxylic acids is 3. The molecule has 2 aliphatic rings. The van der Waals surface area contributed by atoms with E-state index in [4.69, 9.17) is 4.74 Å². The maximum Gasteiger partial charge on any atom is 0.325 e. The second kappa shape index (κ2) is 7.94. The van der Waals surface area contributed by atoms with E-state index < -0.39 is 17.5 Å². The molecule has 1 fully saturated rings. The first-order chi connectivity index (χ1) is 14.4. The van der Waals surface area contributed by atoms with Crippen molar-refractivity contribution in [1.29, 1.82) is 0 Å². The van der Waals surface area contributed by atoms with Crippen LogP contribution in [0.5, 0.6) is 5.75 Å². The van der Waals surface area contributed by atoms with E-state index in [1.54, 1.807) is 20.1 Å². The normalized spacial score (nSPS) is 20.7. The van der Waals surface area contributed by atoms with Crippen molar-refractivity contribution in [1.82, 2.24) is 10.2 Å². The molecule has 6 nitrogen and oxygen atoms in total. The number of ether oxygens (including phenoxy) is 1. The lowest BCUT2D eigenvalue weighted by Gasteiger charge is -2.23. The Kier molecular flexibility index (Phi) is 5.33. The van der Waals surface area contributed by atoms with Crippen molar-refractivity contribution >= 4 is 17.7 Å². The molecule has 0 unspecified atom stereocenters. The number of hydrogen-bond donors (Lipinski definition) is 1. The average Bonchev–Trinajstić information content (AvgIpc) is 2.96. The number of para-hydroxylation sites is 1. The minimum atomic E-state index is -1.12. The molecule has 1 atom stereocenters. The highest BCUT2D eigenvalue weighted by molar-refractivity contribution is 6.11. The minimum absolute atomic E-state index is 0.228. The van der Waals surface area contributed by atoms with Crippen molar-refractivity contribution in [3.8, 4) is 5.75 Å². The maximum absolute atomic E-state index is 13.1. The summed E-state index contributed by atoms with van der Waals surface area (Å²) in [5.41, 5.74) is 2.73. The fourth-order valence-corrected chi connectivity index (χ4v) is 4.38. The number of fused-ring (bicyclic) bond motifs is 1. The van der Waals surface area contributed by atoms with E-state index in [-0.39, 0.29) is 18.7 Å². The minimum Gasteiger partial charge on any atom is -0.496 e. The van der Waals surface area contributed by atoms with Gasteiger partial charge in [-0.2, -0.15) is 0 Å². The van der Waals surface area contributed by atoms with Crippen LogP contribution in [0.4, 0.5) is 4.79 Å². The van der Waals surface area contributed by atoms with Gasteiger partial charge in [-0.3, -0.25) is 14.5 Å². The first-order valence-corrected chi connectivity index (χ1v) is 10.3. The standard InChI is InChI=1S/C24H26N2O4/c1-24(14-19-9-5-6-10-21(19)30-2)22(28)26(23(29)25-24)15-20(27)18-12-11-16-7-3-4-8-17(16)13-18/h5-6,9-13H,3-4,7-8,14-15H2,1-2H3,(H,25,29)/t24-/m1/s1. The van der Waals surface area contributed by atoms with Crippen molar-refractivity contribution in [3.05, 3.63) is 64.7 Å². The number of methoxy groups -OCH3 is 1. The fourth-order valence-electron chi connectivity index (χ4n) is 4.38. The molecule has 2 aromatic carbocycles. The summed E-state index contributed by atoms with van der Waals surface area (Å²) in [7, 11) is 1.57. The molecular weight excluding hydrogens is 380 g/mol. The molecule has 0 aromatic heterocycles. The molecule has 0 radical (unpaired) electrons. The van der Waals surface area contributed by atoms with Crippen LogP contribution in [0.15, 0.2) is 42.5 Å². The summed E-state index contributed by atoms with van der Waals surface area (Å²) >= 11 is 0. The third-order valence-corrected chi connectivity index (χ3v) is 6.05. The zero-order valence-corrected chi connectivity index (χ0v) is 17.4. The molecular formula is C24H26N2O4. The number of urea groups is 1. The van der Waals surface area contributed by atoms with Gasteiger partial charge in [0.2, 0.25) is 0 Å². The third-order valence-electron chi connectivity index (χ3n) is 6.05. The van der Waals surface area contributed by atoms with Crippen LogP contribution in [0.1, 0.15) is 46.8 Å². The zero-order chi connectivity index (χ0) is 21.3. The number of Topliss-reactive ketones (excluding diaryl/α,β-unsaturated/α-hetero) is 1. The van der Waals surface area contributed by atoms with E-state index >= 15 is 0 Å². The fraction of sp³-hybridized carbons (Fsp3) is 0.375. The number of ketones is 1. The molecule has 4 rings (SSSR count). The van der Waals surface area contributed by atoms with Gasteiger partial charge in [0, 0.05) is 12.0 Å². The Bertz CT molecular complexity index is 1020. The highest BCUT2D eigenvalue weighted by Crippen LogP contribution is 2.28. The molecule has 0 spiro atoms. The summed E-state index contributed by atoms with van der Waals surface area (Å²) in [6, 6.07) is 12.6. The molecule has 3 amide bonds. The quantitative estimate of drug-likeness (QED) is 0.590. The molecule has 0 saturated carbocycles. The Labute approximate surface area is 176 Å². The van der Waals surface area contributed by atoms with Crippen molar-refractivity contribution in [2.75, 3.05) is 13.7 Å². The number of amides is 3. The van der Waals surface area contributed by atoms with Gasteiger partial charge in [0.15, 0.2) is 5.78 Å². The zero-order valence-electron chi connectivity index (χ0n) is 17.4. The SMILES string of the molecule is COc1ccccc1C[C@@]1(C)NC(=O)N(CC(=O)c2ccc3c(c2)CCCC3)C1=O. The summed E-state index contributed by atoms with van der Waals surface area (Å²) in [5.74, 6) is 0.0301. The number of imide groups is 1. The number of nitrogens with zero attached hydrogens (tertiary/aromatic N) is 1. The van der Waals surface area contributed by atoms with Gasteiger partial charge in [-0.05, 0) is 61.4 Å². The van der Waals surface area contributed by atoms with Gasteiger partial charge in [0.05, 0.1) is 13.7 Å². The Morgan fingerprint density at radius 2 is 1.83 bits per heavy atom. The van der Waals surface area contributed by atoms with Crippen LogP contribution in [0.25, 0.3) is 0 Å². The second-order valence-corrected chi connectivity index (χ2v) is 8.26. The molecule has 156 valence electrons. The van der Waals surface area contributed by atoms with Crippen LogP contribution < -0.4 is 10.1 Å². The van der Waals surface area contributed by atoms with Gasteiger partial charge >= 0.3 is 6.03 Å². The lowest BCUT2D eigenvalue weighted by atomic mass is 9.89. The topological polar surface area (TPSA) is 75.7 Å². The molecule has 1 aliphatic carbocycles. The Hall–Kier alpha value is -3.15. The second-order valence-electron chi connectivity index (χ2n) is 8.26. The predicted octanol–water partition coefficient (Wildman–Crippen LogP) is 3.31. The van der Waals surface area contributed by atoms with E-state index in [0.29, 0.717) is 11.3 Å². The van der Waals surface area contributed by atoms with Crippen LogP contribution in [0.2, 0.25) is 0 Å². The maximum atomic E-state index is 13.1. The average molecular weight is 406 g/mol. The third kappa shape index (κ3) is 3.70. The lowest BCUT2D eigenvalue weighted by molar-refractivity contribution is -0.130. The van der Waals surface area contributed by atoms with E-state index in [2.05, 4.69) is 5.32 Å². The van der Waals surface area contributed by atoms with Crippen LogP contribution in [0.3, 0.4) is 0 Å². The van der Waals surface area contributed by atoms with E-state index in [1.165, 1.54) is 17.5 Å². The predicted molar refractivity (Wildman–Crippen MR) is 113 cm³/mol. The number of hydrogen-bond acceptors (Lipinski definition) is 4. The van der Waals surface area contributed by atoms with Gasteiger partial charge in [0.1, 0.15) is 11.3 Å². The highest BCUT2D eigenvalue weighted by atomic mass is 16.5. The number of rotatable bonds is 6. The van der Waals surface area contributed by atoms with Crippen LogP contribution >= 0.6 is 0 Å². The first kappa shape index (κ1) is 20.1. The molecule has 1 aliphatic heterocycles. The van der Waals surface area contributed by atoms with E-state index in [9.17, 15) is 14.4 Å². The number of carbonyl (C=O) groups is 3. The highest BCUT2D eigenvalue weighted by Gasteiger charge is 2.48. The van der Waals surface area contributed by atoms with E-state index in [0.717, 1.165) is 29.7 Å². The number of aryl methyl sites for hydroxylation is 2. The lowest BCUT2D eigenvalue weighted by Crippen LogP contribution is -2.46. The smallest absolute Gasteiger partial charge is 0.325 e. The van der Waals surface area contributed by atoms with Gasteiger partial charge in [-0.15, -0.1) is 0 Å². The summed E-state index contributed by atoms with van der Waals surface area (Å²) in [6.45, 7) is 1.42. The van der Waals surface area contributed by atoms with E-state index in [1.807, 2.05) is 36.4 Å². The molecule has 1 N–H and O–H groups in total. The molecule has 1 heterocycles. The first-order valence-electron chi connectivity index (χ1n) is 10.3. The van der Waals surface area contributed by atoms with Gasteiger partial charge in [-0.25, -0.2) is 4.79 Å². The molecule has 0 bridgehead atoms. The van der Waals surface area contributed by atoms with Gasteiger partial charge in [-0.1, -0.05) is 30.3 Å². The largest absolute Gasteiger partial charge is 0.496 e. The number of benzene rings is 2. The summed E-state index contributed by atoms with van der Waals surface area (Å²) < 4.78 is 5.37. The Balaban J connectivity index is 1.50. The van der Waals surface area contributed by atoms with Crippen LogP contribution in [0, 0.1) is 0 Å². The van der Waals surface area contributed by atoms with Gasteiger partial charge in [0.25, 0.3) is 5.91 Å². The van der Waals surface area contributed by atoms with Crippen molar-refractivity contribution < 1.29 is 19.1 Å². The molecule has 6 heteroatoms. The Morgan fingerprint density at radius 3 is 2.60 bits per heavy atom.